The lowest BCUT2D eigenvalue weighted by Crippen LogP contribution is -2.27. The molecular formula is C12H18ClNO3S. The SMILES string of the molecule is CCS(=O)(=O)NCCc1cc(Cl)c(OC)cc1C. The van der Waals surface area contributed by atoms with Gasteiger partial charge in [0.15, 0.2) is 0 Å². The van der Waals surface area contributed by atoms with Crippen LogP contribution in [0.2, 0.25) is 5.02 Å². The molecule has 4 nitrogen and oxygen atoms in total. The summed E-state index contributed by atoms with van der Waals surface area (Å²) < 4.78 is 30.2. The molecule has 1 aromatic rings. The normalized spacial score (nSPS) is 11.6. The third-order valence-corrected chi connectivity index (χ3v) is 4.41. The number of nitrogens with one attached hydrogen (secondary N) is 1. The van der Waals surface area contributed by atoms with Crippen LogP contribution < -0.4 is 9.46 Å². The van der Waals surface area contributed by atoms with Crippen molar-refractivity contribution in [3.63, 3.8) is 0 Å². The molecule has 0 atom stereocenters. The second-order valence-electron chi connectivity index (χ2n) is 3.96. The van der Waals surface area contributed by atoms with Gasteiger partial charge in [0.05, 0.1) is 17.9 Å². The molecule has 0 bridgehead atoms. The van der Waals surface area contributed by atoms with E-state index in [1.54, 1.807) is 14.0 Å². The van der Waals surface area contributed by atoms with Crippen LogP contribution in [0.1, 0.15) is 18.1 Å². The van der Waals surface area contributed by atoms with Crippen molar-refractivity contribution < 1.29 is 13.2 Å². The molecule has 0 saturated carbocycles. The van der Waals surface area contributed by atoms with Crippen LogP contribution in [0.15, 0.2) is 12.1 Å². The van der Waals surface area contributed by atoms with Crippen molar-refractivity contribution in [3.05, 3.63) is 28.3 Å². The summed E-state index contributed by atoms with van der Waals surface area (Å²) in [5, 5.41) is 0.538. The molecule has 0 aliphatic carbocycles. The minimum absolute atomic E-state index is 0.0926. The Morgan fingerprint density at radius 3 is 2.61 bits per heavy atom. The Balaban J connectivity index is 2.72. The molecule has 1 rings (SSSR count). The molecule has 0 fully saturated rings. The zero-order valence-corrected chi connectivity index (χ0v) is 12.4. The Morgan fingerprint density at radius 2 is 2.06 bits per heavy atom. The summed E-state index contributed by atoms with van der Waals surface area (Å²) in [5.74, 6) is 0.724. The predicted octanol–water partition coefficient (Wildman–Crippen LogP) is 2.14. The maximum absolute atomic E-state index is 11.3. The quantitative estimate of drug-likeness (QED) is 0.874. The van der Waals surface area contributed by atoms with Gasteiger partial charge in [0.25, 0.3) is 0 Å². The van der Waals surface area contributed by atoms with Crippen LogP contribution in [0.3, 0.4) is 0 Å². The highest BCUT2D eigenvalue weighted by Crippen LogP contribution is 2.27. The van der Waals surface area contributed by atoms with Gasteiger partial charge in [-0.3, -0.25) is 0 Å². The number of benzene rings is 1. The second kappa shape index (κ2) is 6.41. The Labute approximate surface area is 113 Å². The summed E-state index contributed by atoms with van der Waals surface area (Å²) >= 11 is 6.03. The number of hydrogen-bond acceptors (Lipinski definition) is 3. The van der Waals surface area contributed by atoms with E-state index in [0.29, 0.717) is 23.7 Å². The van der Waals surface area contributed by atoms with Crippen LogP contribution >= 0.6 is 11.6 Å². The zero-order valence-electron chi connectivity index (χ0n) is 10.8. The summed E-state index contributed by atoms with van der Waals surface area (Å²) in [6.45, 7) is 3.93. The molecule has 1 aromatic carbocycles. The molecule has 1 N–H and O–H groups in total. The maximum atomic E-state index is 11.3. The van der Waals surface area contributed by atoms with Crippen molar-refractivity contribution in [1.29, 1.82) is 0 Å². The smallest absolute Gasteiger partial charge is 0.211 e. The monoisotopic (exact) mass is 291 g/mol. The molecule has 0 saturated heterocycles. The fourth-order valence-electron chi connectivity index (χ4n) is 1.57. The van der Waals surface area contributed by atoms with E-state index in [1.165, 1.54) is 0 Å². The molecule has 102 valence electrons. The first-order chi connectivity index (χ1) is 8.39. The van der Waals surface area contributed by atoms with Crippen LogP contribution in [-0.2, 0) is 16.4 Å². The van der Waals surface area contributed by atoms with Crippen molar-refractivity contribution in [2.45, 2.75) is 20.3 Å². The minimum Gasteiger partial charge on any atom is -0.495 e. The summed E-state index contributed by atoms with van der Waals surface area (Å²) in [6.07, 6.45) is 0.606. The summed E-state index contributed by atoms with van der Waals surface area (Å²) in [6, 6.07) is 3.67. The highest BCUT2D eigenvalue weighted by atomic mass is 35.5. The largest absolute Gasteiger partial charge is 0.495 e. The van der Waals surface area contributed by atoms with E-state index >= 15 is 0 Å². The molecule has 0 spiro atoms. The highest BCUT2D eigenvalue weighted by Gasteiger charge is 2.08. The molecular weight excluding hydrogens is 274 g/mol. The van der Waals surface area contributed by atoms with Gasteiger partial charge in [-0.05, 0) is 43.5 Å². The first-order valence-corrected chi connectivity index (χ1v) is 7.73. The topological polar surface area (TPSA) is 55.4 Å². The zero-order chi connectivity index (χ0) is 13.8. The van der Waals surface area contributed by atoms with Gasteiger partial charge in [0.1, 0.15) is 5.75 Å². The minimum atomic E-state index is -3.13. The van der Waals surface area contributed by atoms with E-state index in [-0.39, 0.29) is 5.75 Å². The van der Waals surface area contributed by atoms with Crippen LogP contribution in [0.25, 0.3) is 0 Å². The molecule has 0 unspecified atom stereocenters. The fourth-order valence-corrected chi connectivity index (χ4v) is 2.45. The average Bonchev–Trinajstić information content (AvgIpc) is 2.33. The maximum Gasteiger partial charge on any atom is 0.211 e. The van der Waals surface area contributed by atoms with Gasteiger partial charge in [-0.25, -0.2) is 13.1 Å². The van der Waals surface area contributed by atoms with Gasteiger partial charge in [-0.1, -0.05) is 11.6 Å². The van der Waals surface area contributed by atoms with E-state index in [0.717, 1.165) is 11.1 Å². The molecule has 0 aliphatic heterocycles. The number of halogens is 1. The Kier molecular flexibility index (Phi) is 5.44. The summed E-state index contributed by atoms with van der Waals surface area (Å²) in [5.41, 5.74) is 2.05. The molecule has 0 aliphatic rings. The van der Waals surface area contributed by atoms with Gasteiger partial charge in [0, 0.05) is 6.54 Å². The lowest BCUT2D eigenvalue weighted by Gasteiger charge is -2.10. The van der Waals surface area contributed by atoms with E-state index in [1.807, 2.05) is 19.1 Å². The highest BCUT2D eigenvalue weighted by molar-refractivity contribution is 7.89. The second-order valence-corrected chi connectivity index (χ2v) is 6.46. The Morgan fingerprint density at radius 1 is 1.39 bits per heavy atom. The number of hydrogen-bond donors (Lipinski definition) is 1. The van der Waals surface area contributed by atoms with E-state index in [4.69, 9.17) is 16.3 Å². The van der Waals surface area contributed by atoms with Crippen molar-refractivity contribution in [3.8, 4) is 5.75 Å². The van der Waals surface area contributed by atoms with Gasteiger partial charge in [-0.15, -0.1) is 0 Å². The lowest BCUT2D eigenvalue weighted by molar-refractivity contribution is 0.414. The van der Waals surface area contributed by atoms with E-state index < -0.39 is 10.0 Å². The van der Waals surface area contributed by atoms with Crippen molar-refractivity contribution in [1.82, 2.24) is 4.72 Å². The fraction of sp³-hybridized carbons (Fsp3) is 0.500. The lowest BCUT2D eigenvalue weighted by atomic mass is 10.1. The van der Waals surface area contributed by atoms with Crippen LogP contribution in [-0.4, -0.2) is 27.8 Å². The third kappa shape index (κ3) is 4.15. The van der Waals surface area contributed by atoms with Gasteiger partial charge in [0.2, 0.25) is 10.0 Å². The van der Waals surface area contributed by atoms with E-state index in [2.05, 4.69) is 4.72 Å². The van der Waals surface area contributed by atoms with Gasteiger partial charge >= 0.3 is 0 Å². The number of ether oxygens (including phenoxy) is 1. The van der Waals surface area contributed by atoms with E-state index in [9.17, 15) is 8.42 Å². The van der Waals surface area contributed by atoms with Crippen molar-refractivity contribution in [2.24, 2.45) is 0 Å². The number of rotatable bonds is 6. The Hall–Kier alpha value is -0.780. The van der Waals surface area contributed by atoms with Crippen LogP contribution in [0.4, 0.5) is 0 Å². The molecule has 0 heterocycles. The molecule has 0 aromatic heterocycles. The summed E-state index contributed by atoms with van der Waals surface area (Å²) in [4.78, 5) is 0. The van der Waals surface area contributed by atoms with Crippen LogP contribution in [0.5, 0.6) is 5.75 Å². The molecule has 18 heavy (non-hydrogen) atoms. The predicted molar refractivity (Wildman–Crippen MR) is 73.9 cm³/mol. The molecule has 0 amide bonds. The average molecular weight is 292 g/mol. The first-order valence-electron chi connectivity index (χ1n) is 5.70. The molecule has 6 heteroatoms. The van der Waals surface area contributed by atoms with Crippen molar-refractivity contribution >= 4 is 21.6 Å². The standard InChI is InChI=1S/C12H18ClNO3S/c1-4-18(15,16)14-6-5-10-8-11(13)12(17-3)7-9(10)2/h7-8,14H,4-6H2,1-3H3. The number of methoxy groups -OCH3 is 1. The third-order valence-electron chi connectivity index (χ3n) is 2.71. The first kappa shape index (κ1) is 15.3. The van der Waals surface area contributed by atoms with Crippen LogP contribution in [0, 0.1) is 6.92 Å². The molecule has 0 radical (unpaired) electrons. The summed E-state index contributed by atoms with van der Waals surface area (Å²) in [7, 11) is -1.57. The van der Waals surface area contributed by atoms with Gasteiger partial charge < -0.3 is 4.74 Å². The van der Waals surface area contributed by atoms with Gasteiger partial charge in [-0.2, -0.15) is 0 Å². The van der Waals surface area contributed by atoms with Crippen molar-refractivity contribution in [2.75, 3.05) is 19.4 Å². The number of aryl methyl sites for hydroxylation is 1. The Bertz CT molecular complexity index is 514. The number of sulfonamides is 1.